The van der Waals surface area contributed by atoms with Gasteiger partial charge in [-0.2, -0.15) is 0 Å². The van der Waals surface area contributed by atoms with Crippen LogP contribution in [0, 0.1) is 4.77 Å². The zero-order valence-electron chi connectivity index (χ0n) is 5.94. The number of nitrogens with one attached hydrogen (secondary N) is 3. The van der Waals surface area contributed by atoms with E-state index in [2.05, 4.69) is 15.3 Å². The largest absolute Gasteiger partial charge is 0.334 e. The highest BCUT2D eigenvalue weighted by Gasteiger charge is 2.08. The molecule has 0 aromatic carbocycles. The highest BCUT2D eigenvalue weighted by atomic mass is 79.9. The van der Waals surface area contributed by atoms with E-state index in [0.29, 0.717) is 0 Å². The highest BCUT2D eigenvalue weighted by molar-refractivity contribution is 8.93. The van der Waals surface area contributed by atoms with Gasteiger partial charge < -0.3 is 15.3 Å². The molecule has 0 saturated carbocycles. The average Bonchev–Trinajstić information content (AvgIpc) is 2.27. The third-order valence-electron chi connectivity index (χ3n) is 1.75. The number of aromatic amines is 2. The summed E-state index contributed by atoms with van der Waals surface area (Å²) in [6.45, 7) is 1.97. The number of fused-ring (bicyclic) bond motifs is 1. The van der Waals surface area contributed by atoms with Gasteiger partial charge in [0.15, 0.2) is 4.77 Å². The maximum atomic E-state index is 4.94. The fraction of sp³-hybridized carbons (Fsp3) is 0.500. The Balaban J connectivity index is 0.000000605. The summed E-state index contributed by atoms with van der Waals surface area (Å²) in [5, 5.41) is 3.26. The molecule has 1 aliphatic rings. The molecule has 11 heavy (non-hydrogen) atoms. The van der Waals surface area contributed by atoms with E-state index in [4.69, 9.17) is 12.2 Å². The van der Waals surface area contributed by atoms with Crippen molar-refractivity contribution < 1.29 is 0 Å². The summed E-state index contributed by atoms with van der Waals surface area (Å²) in [5.41, 5.74) is 2.49. The fourth-order valence-corrected chi connectivity index (χ4v) is 1.49. The van der Waals surface area contributed by atoms with Crippen LogP contribution in [0.15, 0.2) is 0 Å². The molecule has 0 atom stereocenters. The summed E-state index contributed by atoms with van der Waals surface area (Å²) in [5.74, 6) is 0. The lowest BCUT2D eigenvalue weighted by molar-refractivity contribution is 0.627. The number of hydrogen-bond acceptors (Lipinski definition) is 2. The molecular formula is C6H10BrN3S. The molecule has 3 nitrogen and oxygen atoms in total. The van der Waals surface area contributed by atoms with Crippen molar-refractivity contribution in [3.05, 3.63) is 16.2 Å². The van der Waals surface area contributed by atoms with Gasteiger partial charge in [0.2, 0.25) is 0 Å². The van der Waals surface area contributed by atoms with Crippen LogP contribution in [-0.4, -0.2) is 16.5 Å². The molecule has 1 aliphatic heterocycles. The molecule has 0 aliphatic carbocycles. The molecule has 0 amide bonds. The molecule has 62 valence electrons. The Kier molecular flexibility index (Phi) is 2.86. The first kappa shape index (κ1) is 8.96. The van der Waals surface area contributed by atoms with E-state index in [1.54, 1.807) is 0 Å². The molecule has 0 unspecified atom stereocenters. The first-order valence-electron chi connectivity index (χ1n) is 3.37. The number of halogens is 1. The summed E-state index contributed by atoms with van der Waals surface area (Å²) in [6, 6.07) is 0. The molecule has 3 N–H and O–H groups in total. The maximum Gasteiger partial charge on any atom is 0.174 e. The molecule has 0 saturated heterocycles. The van der Waals surface area contributed by atoms with Crippen LogP contribution in [0.1, 0.15) is 11.4 Å². The molecule has 0 radical (unpaired) electrons. The first-order valence-corrected chi connectivity index (χ1v) is 3.78. The monoisotopic (exact) mass is 235 g/mol. The third kappa shape index (κ3) is 1.72. The van der Waals surface area contributed by atoms with Crippen molar-refractivity contribution in [2.75, 3.05) is 6.54 Å². The van der Waals surface area contributed by atoms with Gasteiger partial charge in [-0.05, 0) is 12.2 Å². The van der Waals surface area contributed by atoms with Crippen molar-refractivity contribution >= 4 is 29.2 Å². The molecule has 5 heteroatoms. The van der Waals surface area contributed by atoms with Crippen LogP contribution < -0.4 is 5.32 Å². The minimum Gasteiger partial charge on any atom is -0.334 e. The molecular weight excluding hydrogens is 226 g/mol. The van der Waals surface area contributed by atoms with E-state index in [9.17, 15) is 0 Å². The van der Waals surface area contributed by atoms with Gasteiger partial charge in [-0.3, -0.25) is 0 Å². The van der Waals surface area contributed by atoms with Gasteiger partial charge in [0.1, 0.15) is 0 Å². The zero-order valence-corrected chi connectivity index (χ0v) is 8.47. The minimum absolute atomic E-state index is 0. The number of H-pyrrole nitrogens is 2. The Morgan fingerprint density at radius 1 is 1.18 bits per heavy atom. The lowest BCUT2D eigenvalue weighted by atomic mass is 10.2. The average molecular weight is 236 g/mol. The van der Waals surface area contributed by atoms with Crippen molar-refractivity contribution in [3.8, 4) is 0 Å². The SMILES string of the molecule is Br.S=c1[nH]c2c([nH]1)CNCC2. The van der Waals surface area contributed by atoms with E-state index < -0.39 is 0 Å². The van der Waals surface area contributed by atoms with Crippen molar-refractivity contribution in [2.24, 2.45) is 0 Å². The van der Waals surface area contributed by atoms with Gasteiger partial charge in [0.25, 0.3) is 0 Å². The molecule has 0 fully saturated rings. The van der Waals surface area contributed by atoms with E-state index >= 15 is 0 Å². The fourth-order valence-electron chi connectivity index (χ4n) is 1.25. The number of imidazole rings is 1. The summed E-state index contributed by atoms with van der Waals surface area (Å²) >= 11 is 4.94. The maximum absolute atomic E-state index is 4.94. The molecule has 1 aromatic heterocycles. The number of aromatic nitrogens is 2. The Labute approximate surface area is 80.4 Å². The van der Waals surface area contributed by atoms with Crippen molar-refractivity contribution in [1.29, 1.82) is 0 Å². The van der Waals surface area contributed by atoms with Crippen molar-refractivity contribution in [3.63, 3.8) is 0 Å². The van der Waals surface area contributed by atoms with Crippen LogP contribution in [0.5, 0.6) is 0 Å². The third-order valence-corrected chi connectivity index (χ3v) is 1.95. The number of hydrogen-bond donors (Lipinski definition) is 3. The van der Waals surface area contributed by atoms with Gasteiger partial charge in [-0.15, -0.1) is 17.0 Å². The quantitative estimate of drug-likeness (QED) is 0.594. The summed E-state index contributed by atoms with van der Waals surface area (Å²) < 4.78 is 0.744. The Hall–Kier alpha value is -0.130. The second-order valence-corrected chi connectivity index (χ2v) is 2.87. The summed E-state index contributed by atoms with van der Waals surface area (Å²) in [7, 11) is 0. The van der Waals surface area contributed by atoms with E-state index in [0.717, 1.165) is 24.3 Å². The van der Waals surface area contributed by atoms with Gasteiger partial charge in [0.05, 0.1) is 5.69 Å². The predicted molar refractivity (Wildman–Crippen MR) is 51.7 cm³/mol. The van der Waals surface area contributed by atoms with Crippen LogP contribution >= 0.6 is 29.2 Å². The van der Waals surface area contributed by atoms with Crippen molar-refractivity contribution in [2.45, 2.75) is 13.0 Å². The topological polar surface area (TPSA) is 43.6 Å². The van der Waals surface area contributed by atoms with Crippen LogP contribution in [0.2, 0.25) is 0 Å². The Morgan fingerprint density at radius 3 is 2.64 bits per heavy atom. The van der Waals surface area contributed by atoms with Crippen LogP contribution in [0.25, 0.3) is 0 Å². The predicted octanol–water partition coefficient (Wildman–Crippen LogP) is 1.30. The summed E-state index contributed by atoms with van der Waals surface area (Å²) in [6.07, 6.45) is 1.06. The number of rotatable bonds is 0. The second kappa shape index (κ2) is 3.51. The van der Waals surface area contributed by atoms with Crippen LogP contribution in [-0.2, 0) is 13.0 Å². The van der Waals surface area contributed by atoms with E-state index in [1.807, 2.05) is 0 Å². The van der Waals surface area contributed by atoms with Gasteiger partial charge in [-0.1, -0.05) is 0 Å². The molecule has 2 heterocycles. The smallest absolute Gasteiger partial charge is 0.174 e. The normalized spacial score (nSPS) is 15.3. The molecule has 0 bridgehead atoms. The van der Waals surface area contributed by atoms with Crippen LogP contribution in [0.4, 0.5) is 0 Å². The molecule has 2 rings (SSSR count). The Morgan fingerprint density at radius 2 is 1.91 bits per heavy atom. The Bertz CT molecular complexity index is 264. The van der Waals surface area contributed by atoms with Crippen molar-refractivity contribution in [1.82, 2.24) is 15.3 Å². The van der Waals surface area contributed by atoms with Crippen LogP contribution in [0.3, 0.4) is 0 Å². The standard InChI is InChI=1S/C6H9N3S.BrH/c10-6-8-4-1-2-7-3-5(4)9-6;/h7H,1-3H2,(H2,8,9,10);1H. The highest BCUT2D eigenvalue weighted by Crippen LogP contribution is 2.07. The lowest BCUT2D eigenvalue weighted by Gasteiger charge is -2.10. The van der Waals surface area contributed by atoms with Gasteiger partial charge in [-0.25, -0.2) is 0 Å². The van der Waals surface area contributed by atoms with E-state index in [-0.39, 0.29) is 17.0 Å². The zero-order chi connectivity index (χ0) is 6.97. The van der Waals surface area contributed by atoms with Gasteiger partial charge >= 0.3 is 0 Å². The second-order valence-electron chi connectivity index (χ2n) is 2.46. The lowest BCUT2D eigenvalue weighted by Crippen LogP contribution is -2.23. The van der Waals surface area contributed by atoms with E-state index in [1.165, 1.54) is 11.4 Å². The minimum atomic E-state index is 0. The van der Waals surface area contributed by atoms with Gasteiger partial charge in [0, 0.05) is 25.2 Å². The summed E-state index contributed by atoms with van der Waals surface area (Å²) in [4.78, 5) is 6.21. The molecule has 1 aromatic rings. The first-order chi connectivity index (χ1) is 4.86. The molecule has 0 spiro atoms.